The molecule has 0 saturated heterocycles. The smallest absolute Gasteiger partial charge is 0.235 e. The minimum Gasteiger partial charge on any atom is -0.316 e. The molecule has 2 heterocycles. The molecule has 1 unspecified atom stereocenters. The van der Waals surface area contributed by atoms with Gasteiger partial charge in [0.15, 0.2) is 11.0 Å². The van der Waals surface area contributed by atoms with Gasteiger partial charge in [0.2, 0.25) is 5.91 Å². The van der Waals surface area contributed by atoms with Crippen molar-refractivity contribution in [3.63, 3.8) is 0 Å². The molecule has 0 saturated carbocycles. The molecule has 1 aromatic carbocycles. The highest BCUT2D eigenvalue weighted by Crippen LogP contribution is 2.44. The Morgan fingerprint density at radius 2 is 1.95 bits per heavy atom. The average molecular weight is 548 g/mol. The van der Waals surface area contributed by atoms with Crippen LogP contribution in [0.15, 0.2) is 42.1 Å². The van der Waals surface area contributed by atoms with Crippen LogP contribution in [0, 0.1) is 22.7 Å². The fourth-order valence-electron chi connectivity index (χ4n) is 4.85. The van der Waals surface area contributed by atoms with Gasteiger partial charge >= 0.3 is 0 Å². The first-order chi connectivity index (χ1) is 17.9. The van der Waals surface area contributed by atoms with E-state index in [0.29, 0.717) is 28.2 Å². The maximum Gasteiger partial charge on any atom is 0.235 e. The number of hydrogen-bond donors (Lipinski definition) is 1. The molecule has 0 aliphatic heterocycles. The Labute approximate surface area is 234 Å². The van der Waals surface area contributed by atoms with Crippen LogP contribution in [0.4, 0.5) is 5.00 Å². The highest BCUT2D eigenvalue weighted by atomic mass is 32.2. The molecule has 1 N–H and O–H groups in total. The van der Waals surface area contributed by atoms with Gasteiger partial charge in [0.05, 0.1) is 11.3 Å². The number of nitrogens with one attached hydrogen (secondary N) is 1. The van der Waals surface area contributed by atoms with Gasteiger partial charge in [0.25, 0.3) is 0 Å². The molecule has 200 valence electrons. The van der Waals surface area contributed by atoms with Gasteiger partial charge in [0.1, 0.15) is 11.1 Å². The van der Waals surface area contributed by atoms with E-state index in [1.54, 1.807) is 17.4 Å². The average Bonchev–Trinajstić information content (AvgIpc) is 3.41. The zero-order valence-electron chi connectivity index (χ0n) is 23.2. The molecular weight excluding hydrogens is 510 g/mol. The number of fused-ring (bicyclic) bond motifs is 1. The number of nitriles is 1. The Hall–Kier alpha value is -2.89. The van der Waals surface area contributed by atoms with Crippen LogP contribution in [0.5, 0.6) is 0 Å². The maximum absolute atomic E-state index is 13.0. The summed E-state index contributed by atoms with van der Waals surface area (Å²) in [6.45, 7) is 17.8. The lowest BCUT2D eigenvalue weighted by Gasteiger charge is -2.33. The molecular formula is C30H37N5OS2. The van der Waals surface area contributed by atoms with E-state index >= 15 is 0 Å². The van der Waals surface area contributed by atoms with Crippen molar-refractivity contribution in [2.75, 3.05) is 11.1 Å². The van der Waals surface area contributed by atoms with Crippen molar-refractivity contribution in [1.29, 1.82) is 5.26 Å². The van der Waals surface area contributed by atoms with E-state index in [-0.39, 0.29) is 22.5 Å². The second-order valence-electron chi connectivity index (χ2n) is 12.0. The van der Waals surface area contributed by atoms with E-state index in [4.69, 9.17) is 0 Å². The molecule has 1 amide bonds. The van der Waals surface area contributed by atoms with Crippen molar-refractivity contribution in [2.24, 2.45) is 11.3 Å². The van der Waals surface area contributed by atoms with Gasteiger partial charge in [0, 0.05) is 17.0 Å². The van der Waals surface area contributed by atoms with Crippen molar-refractivity contribution in [2.45, 2.75) is 77.9 Å². The topological polar surface area (TPSA) is 83.6 Å². The highest BCUT2D eigenvalue weighted by molar-refractivity contribution is 7.99. The van der Waals surface area contributed by atoms with E-state index < -0.39 is 0 Å². The summed E-state index contributed by atoms with van der Waals surface area (Å²) in [5.41, 5.74) is 4.27. The van der Waals surface area contributed by atoms with Gasteiger partial charge in [-0.3, -0.25) is 9.36 Å². The molecule has 0 radical (unpaired) electrons. The third kappa shape index (κ3) is 6.05. The van der Waals surface area contributed by atoms with Gasteiger partial charge in [-0.15, -0.1) is 28.1 Å². The van der Waals surface area contributed by atoms with Crippen LogP contribution in [0.1, 0.15) is 69.5 Å². The normalized spacial score (nSPS) is 15.6. The van der Waals surface area contributed by atoms with Crippen LogP contribution in [-0.4, -0.2) is 26.4 Å². The number of aromatic nitrogens is 3. The predicted molar refractivity (Wildman–Crippen MR) is 158 cm³/mol. The number of hydrogen-bond acceptors (Lipinski definition) is 6. The SMILES string of the molecule is C=CCn1c(SCC(=O)Nc2sc3c(c2C#N)CCC(C(C)(C)C)C3)nnc1-c1ccc(C(C)(C)C)cc1. The molecule has 8 heteroatoms. The Kier molecular flexibility index (Phi) is 8.20. The summed E-state index contributed by atoms with van der Waals surface area (Å²) >= 11 is 2.90. The molecule has 0 bridgehead atoms. The van der Waals surface area contributed by atoms with E-state index in [2.05, 4.69) is 94.0 Å². The number of anilines is 1. The Balaban J connectivity index is 1.47. The summed E-state index contributed by atoms with van der Waals surface area (Å²) in [4.78, 5) is 14.2. The second kappa shape index (κ2) is 11.1. The van der Waals surface area contributed by atoms with Gasteiger partial charge in [-0.1, -0.05) is 83.6 Å². The molecule has 1 aliphatic rings. The summed E-state index contributed by atoms with van der Waals surface area (Å²) in [6.07, 6.45) is 4.74. The zero-order chi connectivity index (χ0) is 27.7. The van der Waals surface area contributed by atoms with Crippen LogP contribution in [-0.2, 0) is 29.6 Å². The lowest BCUT2D eigenvalue weighted by molar-refractivity contribution is -0.113. The fourth-order valence-corrected chi connectivity index (χ4v) is 6.89. The first-order valence-electron chi connectivity index (χ1n) is 13.0. The number of allylic oxidation sites excluding steroid dienone is 1. The monoisotopic (exact) mass is 547 g/mol. The minimum atomic E-state index is -0.151. The second-order valence-corrected chi connectivity index (χ2v) is 14.0. The van der Waals surface area contributed by atoms with Crippen molar-refractivity contribution < 1.29 is 4.79 Å². The number of benzene rings is 1. The summed E-state index contributed by atoms with van der Waals surface area (Å²) in [7, 11) is 0. The van der Waals surface area contributed by atoms with Gasteiger partial charge in [-0.2, -0.15) is 5.26 Å². The molecule has 3 aromatic rings. The molecule has 1 aliphatic carbocycles. The zero-order valence-corrected chi connectivity index (χ0v) is 24.9. The molecule has 38 heavy (non-hydrogen) atoms. The predicted octanol–water partition coefficient (Wildman–Crippen LogP) is 7.24. The first kappa shape index (κ1) is 28.1. The van der Waals surface area contributed by atoms with E-state index in [0.717, 1.165) is 36.2 Å². The van der Waals surface area contributed by atoms with Crippen molar-refractivity contribution >= 4 is 34.0 Å². The highest BCUT2D eigenvalue weighted by Gasteiger charge is 2.32. The summed E-state index contributed by atoms with van der Waals surface area (Å²) < 4.78 is 1.98. The van der Waals surface area contributed by atoms with Gasteiger partial charge in [-0.25, -0.2) is 0 Å². The van der Waals surface area contributed by atoms with Crippen molar-refractivity contribution in [1.82, 2.24) is 14.8 Å². The van der Waals surface area contributed by atoms with Crippen molar-refractivity contribution in [3.05, 3.63) is 58.5 Å². The first-order valence-corrected chi connectivity index (χ1v) is 14.8. The molecule has 0 spiro atoms. The molecule has 0 fully saturated rings. The number of rotatable bonds is 7. The largest absolute Gasteiger partial charge is 0.316 e. The summed E-state index contributed by atoms with van der Waals surface area (Å²) in [5, 5.41) is 23.0. The number of nitrogens with zero attached hydrogens (tertiary/aromatic N) is 4. The van der Waals surface area contributed by atoms with Crippen LogP contribution < -0.4 is 5.32 Å². The molecule has 6 nitrogen and oxygen atoms in total. The molecule has 4 rings (SSSR count). The Morgan fingerprint density at radius 1 is 1.24 bits per heavy atom. The van der Waals surface area contributed by atoms with E-state index in [1.165, 1.54) is 22.2 Å². The number of amides is 1. The molecule has 2 aromatic heterocycles. The molecule has 1 atom stereocenters. The third-order valence-electron chi connectivity index (χ3n) is 7.22. The Morgan fingerprint density at radius 3 is 2.55 bits per heavy atom. The van der Waals surface area contributed by atoms with Crippen LogP contribution in [0.3, 0.4) is 0 Å². The lowest BCUT2D eigenvalue weighted by atomic mass is 9.72. The van der Waals surface area contributed by atoms with Crippen molar-refractivity contribution in [3.8, 4) is 17.5 Å². The van der Waals surface area contributed by atoms with E-state index in [1.807, 2.05) is 4.57 Å². The number of thioether (sulfide) groups is 1. The minimum absolute atomic E-state index is 0.0727. The lowest BCUT2D eigenvalue weighted by Crippen LogP contribution is -2.26. The summed E-state index contributed by atoms with van der Waals surface area (Å²) in [6, 6.07) is 10.7. The third-order valence-corrected chi connectivity index (χ3v) is 9.36. The van der Waals surface area contributed by atoms with Gasteiger partial charge < -0.3 is 5.32 Å². The quantitative estimate of drug-likeness (QED) is 0.249. The summed E-state index contributed by atoms with van der Waals surface area (Å²) in [5.74, 6) is 1.35. The number of carbonyl (C=O) groups is 1. The number of thiophene rings is 1. The van der Waals surface area contributed by atoms with Crippen LogP contribution in [0.2, 0.25) is 0 Å². The van der Waals surface area contributed by atoms with Crippen LogP contribution >= 0.6 is 23.1 Å². The van der Waals surface area contributed by atoms with E-state index in [9.17, 15) is 10.1 Å². The number of carbonyl (C=O) groups excluding carboxylic acids is 1. The standard InChI is InChI=1S/C30H37N5OS2/c1-8-15-35-26(19-9-11-20(12-10-19)29(2,3)4)33-34-28(35)37-18-25(36)32-27-23(17-31)22-14-13-21(30(5,6)7)16-24(22)38-27/h8-12,21H,1,13-16,18H2,2-7H3,(H,32,36). The van der Waals surface area contributed by atoms with Gasteiger partial charge in [-0.05, 0) is 47.1 Å². The van der Waals surface area contributed by atoms with Crippen LogP contribution in [0.25, 0.3) is 11.4 Å². The Bertz CT molecular complexity index is 1360. The fraction of sp³-hybridized carbons (Fsp3) is 0.467. The maximum atomic E-state index is 13.0.